The maximum Gasteiger partial charge on any atom is 0.241 e. The molecule has 1 aromatic carbocycles. The zero-order valence-electron chi connectivity index (χ0n) is 15.1. The van der Waals surface area contributed by atoms with Gasteiger partial charge in [0.2, 0.25) is 5.91 Å². The quantitative estimate of drug-likeness (QED) is 0.724. The summed E-state index contributed by atoms with van der Waals surface area (Å²) >= 11 is 6.04. The van der Waals surface area contributed by atoms with Gasteiger partial charge in [-0.2, -0.15) is 0 Å². The molecule has 144 valence electrons. The number of piperidine rings is 2. The summed E-state index contributed by atoms with van der Waals surface area (Å²) in [6, 6.07) is 5.77. The highest BCUT2D eigenvalue weighted by atomic mass is 35.5. The van der Waals surface area contributed by atoms with Gasteiger partial charge < -0.3 is 14.6 Å². The first kappa shape index (κ1) is 17.4. The molecule has 4 heterocycles. The molecule has 0 aliphatic carbocycles. The number of hydrogen-bond acceptors (Lipinski definition) is 6. The number of amides is 1. The first-order valence-electron chi connectivity index (χ1n) is 9.75. The molecule has 3 N–H and O–H groups in total. The molecule has 0 radical (unpaired) electrons. The van der Waals surface area contributed by atoms with Crippen molar-refractivity contribution in [2.75, 3.05) is 26.2 Å². The summed E-state index contributed by atoms with van der Waals surface area (Å²) in [5, 5.41) is 4.07. The molecule has 3 fully saturated rings. The fraction of sp³-hybridized carbons (Fsp3) is 0.579. The number of fused-ring (bicyclic) bond motifs is 2. The van der Waals surface area contributed by atoms with Gasteiger partial charge in [-0.25, -0.2) is 10.4 Å². The van der Waals surface area contributed by atoms with E-state index in [1.807, 2.05) is 23.1 Å². The number of likely N-dealkylation sites (tertiary alicyclic amines) is 1. The predicted molar refractivity (Wildman–Crippen MR) is 102 cm³/mol. The molecule has 1 amide bonds. The number of hydrogen-bond donors (Lipinski definition) is 3. The van der Waals surface area contributed by atoms with Gasteiger partial charge in [0.15, 0.2) is 11.5 Å². The highest BCUT2D eigenvalue weighted by Crippen LogP contribution is 2.31. The maximum absolute atomic E-state index is 13.0. The number of aromatic nitrogens is 1. The largest absolute Gasteiger partial charge is 0.440 e. The summed E-state index contributed by atoms with van der Waals surface area (Å²) in [5.74, 6) is 1.54. The van der Waals surface area contributed by atoms with Crippen LogP contribution in [0.25, 0.3) is 11.1 Å². The van der Waals surface area contributed by atoms with Gasteiger partial charge in [-0.05, 0) is 44.0 Å². The summed E-state index contributed by atoms with van der Waals surface area (Å²) in [7, 11) is 0. The zero-order chi connectivity index (χ0) is 18.4. The fourth-order valence-electron chi connectivity index (χ4n) is 4.60. The number of carbonyl (C=O) groups excluding carboxylic acids is 1. The monoisotopic (exact) mass is 389 g/mol. The van der Waals surface area contributed by atoms with Gasteiger partial charge in [0.25, 0.3) is 0 Å². The summed E-state index contributed by atoms with van der Waals surface area (Å²) in [6.45, 7) is 3.39. The van der Waals surface area contributed by atoms with E-state index in [-0.39, 0.29) is 17.9 Å². The van der Waals surface area contributed by atoms with Crippen LogP contribution in [0.4, 0.5) is 0 Å². The van der Waals surface area contributed by atoms with Crippen LogP contribution in [-0.2, 0) is 4.79 Å². The van der Waals surface area contributed by atoms with Crippen LogP contribution < -0.4 is 16.2 Å². The first-order chi connectivity index (χ1) is 13.2. The molecule has 5 rings (SSSR count). The van der Waals surface area contributed by atoms with Crippen molar-refractivity contribution in [3.8, 4) is 0 Å². The smallest absolute Gasteiger partial charge is 0.241 e. The van der Waals surface area contributed by atoms with E-state index in [2.05, 4.69) is 21.2 Å². The van der Waals surface area contributed by atoms with E-state index in [1.165, 1.54) is 0 Å². The Balaban J connectivity index is 1.23. The number of benzene rings is 1. The second kappa shape index (κ2) is 7.05. The molecular formula is C19H24ClN5O2. The Morgan fingerprint density at radius 1 is 1.22 bits per heavy atom. The average molecular weight is 390 g/mol. The lowest BCUT2D eigenvalue weighted by Gasteiger charge is -2.34. The minimum absolute atomic E-state index is 0.134. The van der Waals surface area contributed by atoms with Crippen LogP contribution in [-0.4, -0.2) is 54.1 Å². The number of rotatable bonds is 2. The van der Waals surface area contributed by atoms with Crippen LogP contribution in [0.5, 0.6) is 0 Å². The van der Waals surface area contributed by atoms with Crippen LogP contribution in [0.2, 0.25) is 5.02 Å². The molecule has 3 unspecified atom stereocenters. The van der Waals surface area contributed by atoms with Gasteiger partial charge in [0, 0.05) is 42.5 Å². The van der Waals surface area contributed by atoms with E-state index in [0.717, 1.165) is 62.4 Å². The molecule has 3 saturated heterocycles. The fourth-order valence-corrected chi connectivity index (χ4v) is 4.76. The maximum atomic E-state index is 13.0. The molecule has 7 nitrogen and oxygen atoms in total. The molecule has 3 atom stereocenters. The Hall–Kier alpha value is -1.67. The number of hydrazine groups is 1. The second-order valence-corrected chi connectivity index (χ2v) is 8.23. The van der Waals surface area contributed by atoms with E-state index in [9.17, 15) is 4.79 Å². The zero-order valence-corrected chi connectivity index (χ0v) is 15.8. The number of nitrogens with one attached hydrogen (secondary N) is 3. The molecule has 27 heavy (non-hydrogen) atoms. The standard InChI is InChI=1S/C19H24ClN5O2/c20-12-1-2-16-15(9-12)22-18(27-16)11-4-7-25(8-5-11)19(26)17-13-10-21-6-3-14(13)23-24-17/h1-2,9,11,13-14,17,21,23-24H,3-8,10H2. The van der Waals surface area contributed by atoms with Crippen molar-refractivity contribution in [2.45, 2.75) is 37.3 Å². The molecule has 3 aliphatic heterocycles. The summed E-state index contributed by atoms with van der Waals surface area (Å²) in [4.78, 5) is 19.6. The third-order valence-electron chi connectivity index (χ3n) is 6.17. The van der Waals surface area contributed by atoms with E-state index < -0.39 is 0 Å². The number of oxazole rings is 1. The molecule has 0 saturated carbocycles. The van der Waals surface area contributed by atoms with Crippen LogP contribution in [0.15, 0.2) is 22.6 Å². The number of nitrogens with zero attached hydrogens (tertiary/aromatic N) is 2. The van der Waals surface area contributed by atoms with Crippen molar-refractivity contribution in [1.82, 2.24) is 26.1 Å². The average Bonchev–Trinajstić information content (AvgIpc) is 3.31. The first-order valence-corrected chi connectivity index (χ1v) is 10.1. The minimum Gasteiger partial charge on any atom is -0.440 e. The lowest BCUT2D eigenvalue weighted by molar-refractivity contribution is -0.135. The van der Waals surface area contributed by atoms with Crippen molar-refractivity contribution in [3.63, 3.8) is 0 Å². The Morgan fingerprint density at radius 2 is 2.07 bits per heavy atom. The van der Waals surface area contributed by atoms with E-state index in [0.29, 0.717) is 17.0 Å². The summed E-state index contributed by atoms with van der Waals surface area (Å²) in [5.41, 5.74) is 8.11. The van der Waals surface area contributed by atoms with Gasteiger partial charge in [-0.15, -0.1) is 0 Å². The van der Waals surface area contributed by atoms with Crippen molar-refractivity contribution in [3.05, 3.63) is 29.1 Å². The SMILES string of the molecule is O=C(C1NNC2CCNCC21)N1CCC(c2nc3cc(Cl)ccc3o2)CC1. The van der Waals surface area contributed by atoms with Gasteiger partial charge in [0.05, 0.1) is 0 Å². The molecular weight excluding hydrogens is 366 g/mol. The minimum atomic E-state index is -0.134. The normalized spacial score (nSPS) is 29.2. The van der Waals surface area contributed by atoms with Crippen LogP contribution in [0.3, 0.4) is 0 Å². The third-order valence-corrected chi connectivity index (χ3v) is 6.40. The Morgan fingerprint density at radius 3 is 2.93 bits per heavy atom. The number of halogens is 1. The van der Waals surface area contributed by atoms with Gasteiger partial charge in [0.1, 0.15) is 11.6 Å². The van der Waals surface area contributed by atoms with Gasteiger partial charge in [-0.1, -0.05) is 11.6 Å². The third kappa shape index (κ3) is 3.23. The highest BCUT2D eigenvalue weighted by Gasteiger charge is 2.43. The topological polar surface area (TPSA) is 82.4 Å². The number of carbonyl (C=O) groups is 1. The van der Waals surface area contributed by atoms with Gasteiger partial charge in [-0.3, -0.25) is 10.2 Å². The lowest BCUT2D eigenvalue weighted by Crippen LogP contribution is -2.52. The van der Waals surface area contributed by atoms with Crippen molar-refractivity contribution < 1.29 is 9.21 Å². The molecule has 8 heteroatoms. The van der Waals surface area contributed by atoms with E-state index in [1.54, 1.807) is 0 Å². The van der Waals surface area contributed by atoms with E-state index >= 15 is 0 Å². The van der Waals surface area contributed by atoms with E-state index in [4.69, 9.17) is 16.0 Å². The molecule has 1 aromatic heterocycles. The lowest BCUT2D eigenvalue weighted by atomic mass is 9.88. The second-order valence-electron chi connectivity index (χ2n) is 7.79. The van der Waals surface area contributed by atoms with Crippen LogP contribution in [0, 0.1) is 5.92 Å². The van der Waals surface area contributed by atoms with Gasteiger partial charge >= 0.3 is 0 Å². The Kier molecular flexibility index (Phi) is 4.55. The van der Waals surface area contributed by atoms with Crippen molar-refractivity contribution >= 4 is 28.6 Å². The van der Waals surface area contributed by atoms with Crippen molar-refractivity contribution in [1.29, 1.82) is 0 Å². The predicted octanol–water partition coefficient (Wildman–Crippen LogP) is 1.64. The Bertz CT molecular complexity index is 848. The van der Waals surface area contributed by atoms with Crippen LogP contribution in [0.1, 0.15) is 31.1 Å². The van der Waals surface area contributed by atoms with Crippen LogP contribution >= 0.6 is 11.6 Å². The molecule has 0 bridgehead atoms. The molecule has 0 spiro atoms. The molecule has 3 aliphatic rings. The summed E-state index contributed by atoms with van der Waals surface area (Å²) < 4.78 is 5.92. The molecule has 2 aromatic rings. The summed E-state index contributed by atoms with van der Waals surface area (Å²) in [6.07, 6.45) is 2.81. The highest BCUT2D eigenvalue weighted by molar-refractivity contribution is 6.31. The Labute approximate surface area is 162 Å². The van der Waals surface area contributed by atoms with Crippen molar-refractivity contribution in [2.24, 2.45) is 5.92 Å².